The summed E-state index contributed by atoms with van der Waals surface area (Å²) < 4.78 is 16.5. The second kappa shape index (κ2) is 8.66. The van der Waals surface area contributed by atoms with Crippen LogP contribution in [0.15, 0.2) is 42.5 Å². The van der Waals surface area contributed by atoms with Crippen LogP contribution in [-0.4, -0.2) is 44.2 Å². The van der Waals surface area contributed by atoms with Crippen molar-refractivity contribution < 1.29 is 19.0 Å². The number of methoxy groups -OCH3 is 2. The molecular formula is C21H26N2O4. The van der Waals surface area contributed by atoms with Gasteiger partial charge in [-0.15, -0.1) is 0 Å². The normalized spacial score (nSPS) is 14.6. The van der Waals surface area contributed by atoms with E-state index in [1.165, 1.54) is 0 Å². The summed E-state index contributed by atoms with van der Waals surface area (Å²) in [7, 11) is 3.22. The van der Waals surface area contributed by atoms with Gasteiger partial charge in [-0.2, -0.15) is 0 Å². The molecule has 6 nitrogen and oxygen atoms in total. The van der Waals surface area contributed by atoms with Gasteiger partial charge in [0.2, 0.25) is 5.91 Å². The molecule has 6 heteroatoms. The van der Waals surface area contributed by atoms with Crippen molar-refractivity contribution in [1.82, 2.24) is 4.90 Å². The van der Waals surface area contributed by atoms with Crippen molar-refractivity contribution in [2.45, 2.75) is 25.8 Å². The third-order valence-electron chi connectivity index (χ3n) is 4.62. The summed E-state index contributed by atoms with van der Waals surface area (Å²) in [5.74, 6) is 2.76. The molecule has 1 fully saturated rings. The molecule has 144 valence electrons. The van der Waals surface area contributed by atoms with Crippen LogP contribution in [0.4, 0.5) is 5.69 Å². The van der Waals surface area contributed by atoms with E-state index in [-0.39, 0.29) is 11.9 Å². The first kappa shape index (κ1) is 18.9. The molecule has 3 rings (SSSR count). The van der Waals surface area contributed by atoms with Crippen LogP contribution in [0, 0.1) is 0 Å². The molecule has 2 aromatic carbocycles. The lowest BCUT2D eigenvalue weighted by atomic mass is 10.2. The van der Waals surface area contributed by atoms with Gasteiger partial charge in [0.05, 0.1) is 14.2 Å². The van der Waals surface area contributed by atoms with Crippen molar-refractivity contribution in [1.29, 1.82) is 0 Å². The average molecular weight is 370 g/mol. The van der Waals surface area contributed by atoms with Crippen LogP contribution in [0.1, 0.15) is 19.8 Å². The molecule has 1 amide bonds. The van der Waals surface area contributed by atoms with Crippen LogP contribution in [0.2, 0.25) is 0 Å². The van der Waals surface area contributed by atoms with E-state index in [2.05, 4.69) is 5.32 Å². The second-order valence-electron chi connectivity index (χ2n) is 6.54. The fraction of sp³-hybridized carbons (Fsp3) is 0.381. The Bertz CT molecular complexity index is 770. The summed E-state index contributed by atoms with van der Waals surface area (Å²) in [5, 5.41) is 3.27. The molecule has 0 radical (unpaired) electrons. The summed E-state index contributed by atoms with van der Waals surface area (Å²) >= 11 is 0. The number of likely N-dealkylation sites (tertiary alicyclic amines) is 1. The molecule has 1 aliphatic heterocycles. The minimum Gasteiger partial charge on any atom is -0.497 e. The number of nitrogens with zero attached hydrogens (tertiary/aromatic N) is 1. The van der Waals surface area contributed by atoms with E-state index in [4.69, 9.17) is 14.2 Å². The molecule has 2 aromatic rings. The van der Waals surface area contributed by atoms with Crippen molar-refractivity contribution in [2.24, 2.45) is 0 Å². The number of amides is 1. The Labute approximate surface area is 160 Å². The van der Waals surface area contributed by atoms with Gasteiger partial charge in [0.1, 0.15) is 17.5 Å². The number of rotatable bonds is 7. The van der Waals surface area contributed by atoms with Gasteiger partial charge in [0.25, 0.3) is 0 Å². The Morgan fingerprint density at radius 3 is 2.26 bits per heavy atom. The average Bonchev–Trinajstić information content (AvgIpc) is 3.23. The SMILES string of the molecule is COc1ccc(Oc2cc(NC(C)C(=O)N3CCCC3)ccc2OC)cc1. The minimum absolute atomic E-state index is 0.126. The smallest absolute Gasteiger partial charge is 0.244 e. The number of ether oxygens (including phenoxy) is 3. The molecule has 1 saturated heterocycles. The third kappa shape index (κ3) is 4.64. The standard InChI is InChI=1S/C21H26N2O4/c1-15(21(24)23-12-4-5-13-23)22-16-6-11-19(26-3)20(14-16)27-18-9-7-17(25-2)8-10-18/h6-11,14-15,22H,4-5,12-13H2,1-3H3. The van der Waals surface area contributed by atoms with Crippen LogP contribution in [0.25, 0.3) is 0 Å². The molecule has 0 bridgehead atoms. The van der Waals surface area contributed by atoms with Gasteiger partial charge in [0.15, 0.2) is 11.5 Å². The van der Waals surface area contributed by atoms with Gasteiger partial charge in [0, 0.05) is 24.8 Å². The zero-order chi connectivity index (χ0) is 19.2. The van der Waals surface area contributed by atoms with Gasteiger partial charge >= 0.3 is 0 Å². The maximum absolute atomic E-state index is 12.5. The maximum atomic E-state index is 12.5. The Balaban J connectivity index is 1.73. The number of hydrogen-bond donors (Lipinski definition) is 1. The Morgan fingerprint density at radius 1 is 0.963 bits per heavy atom. The van der Waals surface area contributed by atoms with E-state index in [1.807, 2.05) is 54.3 Å². The summed E-state index contributed by atoms with van der Waals surface area (Å²) in [6, 6.07) is 12.6. The summed E-state index contributed by atoms with van der Waals surface area (Å²) in [6.45, 7) is 3.58. The molecule has 1 atom stereocenters. The van der Waals surface area contributed by atoms with E-state index in [1.54, 1.807) is 14.2 Å². The van der Waals surface area contributed by atoms with Crippen LogP contribution in [-0.2, 0) is 4.79 Å². The van der Waals surface area contributed by atoms with Crippen molar-refractivity contribution in [3.05, 3.63) is 42.5 Å². The number of carbonyl (C=O) groups excluding carboxylic acids is 1. The van der Waals surface area contributed by atoms with Crippen molar-refractivity contribution in [3.63, 3.8) is 0 Å². The predicted molar refractivity (Wildman–Crippen MR) is 105 cm³/mol. The van der Waals surface area contributed by atoms with E-state index in [0.29, 0.717) is 17.2 Å². The van der Waals surface area contributed by atoms with Gasteiger partial charge in [-0.25, -0.2) is 0 Å². The molecule has 0 saturated carbocycles. The Morgan fingerprint density at radius 2 is 1.63 bits per heavy atom. The zero-order valence-corrected chi connectivity index (χ0v) is 16.0. The lowest BCUT2D eigenvalue weighted by Gasteiger charge is -2.22. The lowest BCUT2D eigenvalue weighted by molar-refractivity contribution is -0.130. The third-order valence-corrected chi connectivity index (χ3v) is 4.62. The van der Waals surface area contributed by atoms with Gasteiger partial charge in [-0.3, -0.25) is 4.79 Å². The van der Waals surface area contributed by atoms with E-state index >= 15 is 0 Å². The Hall–Kier alpha value is -2.89. The highest BCUT2D eigenvalue weighted by Crippen LogP contribution is 2.34. The molecule has 1 N–H and O–H groups in total. The van der Waals surface area contributed by atoms with Crippen molar-refractivity contribution in [3.8, 4) is 23.0 Å². The van der Waals surface area contributed by atoms with Crippen LogP contribution >= 0.6 is 0 Å². The number of hydrogen-bond acceptors (Lipinski definition) is 5. The molecule has 0 spiro atoms. The summed E-state index contributed by atoms with van der Waals surface area (Å²) in [6.07, 6.45) is 2.17. The van der Waals surface area contributed by atoms with Crippen LogP contribution < -0.4 is 19.5 Å². The largest absolute Gasteiger partial charge is 0.497 e. The second-order valence-corrected chi connectivity index (χ2v) is 6.54. The lowest BCUT2D eigenvalue weighted by Crippen LogP contribution is -2.39. The van der Waals surface area contributed by atoms with Crippen molar-refractivity contribution >= 4 is 11.6 Å². The van der Waals surface area contributed by atoms with E-state index in [9.17, 15) is 4.79 Å². The molecular weight excluding hydrogens is 344 g/mol. The first-order valence-electron chi connectivity index (χ1n) is 9.16. The van der Waals surface area contributed by atoms with Gasteiger partial charge in [-0.1, -0.05) is 0 Å². The zero-order valence-electron chi connectivity index (χ0n) is 16.0. The highest BCUT2D eigenvalue weighted by molar-refractivity contribution is 5.84. The van der Waals surface area contributed by atoms with Crippen LogP contribution in [0.5, 0.6) is 23.0 Å². The topological polar surface area (TPSA) is 60.0 Å². The first-order valence-corrected chi connectivity index (χ1v) is 9.16. The highest BCUT2D eigenvalue weighted by atomic mass is 16.5. The maximum Gasteiger partial charge on any atom is 0.244 e. The number of benzene rings is 2. The fourth-order valence-electron chi connectivity index (χ4n) is 3.14. The Kier molecular flexibility index (Phi) is 6.06. The molecule has 1 aliphatic rings. The van der Waals surface area contributed by atoms with Gasteiger partial charge in [-0.05, 0) is 56.2 Å². The number of nitrogens with one attached hydrogen (secondary N) is 1. The number of carbonyl (C=O) groups is 1. The number of anilines is 1. The molecule has 0 aliphatic carbocycles. The molecule has 1 unspecified atom stereocenters. The first-order chi connectivity index (χ1) is 13.1. The van der Waals surface area contributed by atoms with Gasteiger partial charge < -0.3 is 24.4 Å². The van der Waals surface area contributed by atoms with E-state index in [0.717, 1.165) is 37.4 Å². The minimum atomic E-state index is -0.301. The quantitative estimate of drug-likeness (QED) is 0.800. The van der Waals surface area contributed by atoms with E-state index < -0.39 is 0 Å². The summed E-state index contributed by atoms with van der Waals surface area (Å²) in [4.78, 5) is 14.4. The highest BCUT2D eigenvalue weighted by Gasteiger charge is 2.23. The van der Waals surface area contributed by atoms with Crippen molar-refractivity contribution in [2.75, 3.05) is 32.6 Å². The molecule has 0 aromatic heterocycles. The van der Waals surface area contributed by atoms with Crippen LogP contribution in [0.3, 0.4) is 0 Å². The summed E-state index contributed by atoms with van der Waals surface area (Å²) in [5.41, 5.74) is 0.805. The molecule has 27 heavy (non-hydrogen) atoms. The fourth-order valence-corrected chi connectivity index (χ4v) is 3.14. The monoisotopic (exact) mass is 370 g/mol. The predicted octanol–water partition coefficient (Wildman–Crippen LogP) is 3.92. The molecule has 1 heterocycles.